The molecule has 1 aromatic rings. The van der Waals surface area contributed by atoms with Crippen LogP contribution in [0.1, 0.15) is 32.3 Å². The fraction of sp³-hybridized carbons (Fsp3) is 0.500. The van der Waals surface area contributed by atoms with Crippen molar-refractivity contribution in [3.8, 4) is 0 Å². The molecule has 0 aromatic heterocycles. The number of hydrogen-bond donors (Lipinski definition) is 2. The molecule has 0 saturated carbocycles. The van der Waals surface area contributed by atoms with Crippen molar-refractivity contribution < 1.29 is 9.90 Å². The first kappa shape index (κ1) is 13.7. The summed E-state index contributed by atoms with van der Waals surface area (Å²) in [5.41, 5.74) is 0.424. The van der Waals surface area contributed by atoms with Gasteiger partial charge in [0.15, 0.2) is 0 Å². The summed E-state index contributed by atoms with van der Waals surface area (Å²) in [6.07, 6.45) is 2.37. The predicted molar refractivity (Wildman–Crippen MR) is 69.1 cm³/mol. The normalized spacial score (nSPS) is 14.2. The summed E-state index contributed by atoms with van der Waals surface area (Å²) < 4.78 is 0. The van der Waals surface area contributed by atoms with Crippen molar-refractivity contribution in [3.05, 3.63) is 35.9 Å². The molecule has 1 aromatic carbocycles. The third kappa shape index (κ3) is 4.19. The van der Waals surface area contributed by atoms with Crippen LogP contribution in [0.25, 0.3) is 0 Å². The fourth-order valence-corrected chi connectivity index (χ4v) is 1.90. The van der Waals surface area contributed by atoms with E-state index >= 15 is 0 Å². The lowest BCUT2D eigenvalue weighted by Gasteiger charge is -2.25. The van der Waals surface area contributed by atoms with Crippen molar-refractivity contribution >= 4 is 5.97 Å². The second-order valence-corrected chi connectivity index (χ2v) is 4.55. The van der Waals surface area contributed by atoms with Gasteiger partial charge in [-0.25, -0.2) is 0 Å². The molecule has 2 N–H and O–H groups in total. The van der Waals surface area contributed by atoms with Crippen LogP contribution >= 0.6 is 0 Å². The van der Waals surface area contributed by atoms with Gasteiger partial charge in [-0.3, -0.25) is 4.79 Å². The molecule has 0 aliphatic rings. The minimum atomic E-state index is -0.802. The molecular weight excluding hydrogens is 214 g/mol. The highest BCUT2D eigenvalue weighted by molar-refractivity contribution is 5.78. The van der Waals surface area contributed by atoms with Gasteiger partial charge in [-0.1, -0.05) is 43.7 Å². The lowest BCUT2D eigenvalue weighted by atomic mass is 9.96. The molecule has 94 valence electrons. The Bertz CT molecular complexity index is 350. The van der Waals surface area contributed by atoms with Gasteiger partial charge in [-0.05, 0) is 25.3 Å². The Morgan fingerprint density at radius 1 is 1.35 bits per heavy atom. The van der Waals surface area contributed by atoms with Crippen LogP contribution in [0.5, 0.6) is 0 Å². The Kier molecular flexibility index (Phi) is 5.16. The minimum absolute atomic E-state index is 0.650. The summed E-state index contributed by atoms with van der Waals surface area (Å²) in [6, 6.07) is 10.1. The van der Waals surface area contributed by atoms with E-state index < -0.39 is 11.5 Å². The van der Waals surface area contributed by atoms with Crippen LogP contribution in [0.2, 0.25) is 0 Å². The van der Waals surface area contributed by atoms with Gasteiger partial charge in [0.1, 0.15) is 5.54 Å². The fourth-order valence-electron chi connectivity index (χ4n) is 1.90. The predicted octanol–water partition coefficient (Wildman–Crippen LogP) is 2.46. The van der Waals surface area contributed by atoms with Gasteiger partial charge in [0.2, 0.25) is 0 Å². The molecule has 3 nitrogen and oxygen atoms in total. The second kappa shape index (κ2) is 6.40. The van der Waals surface area contributed by atoms with E-state index in [1.807, 2.05) is 25.1 Å². The summed E-state index contributed by atoms with van der Waals surface area (Å²) in [5, 5.41) is 12.3. The van der Waals surface area contributed by atoms with Crippen molar-refractivity contribution in [2.45, 2.75) is 38.6 Å². The van der Waals surface area contributed by atoms with E-state index in [1.165, 1.54) is 5.56 Å². The highest BCUT2D eigenvalue weighted by atomic mass is 16.4. The van der Waals surface area contributed by atoms with Crippen LogP contribution < -0.4 is 5.32 Å². The Hall–Kier alpha value is -1.35. The standard InChI is InChI=1S/C14H21NO2/c1-3-10-14(2,13(16)17)15-11-9-12-7-5-4-6-8-12/h4-8,15H,3,9-11H2,1-2H3,(H,16,17). The number of benzene rings is 1. The van der Waals surface area contributed by atoms with Crippen LogP contribution in [0, 0.1) is 0 Å². The molecule has 1 atom stereocenters. The minimum Gasteiger partial charge on any atom is -0.480 e. The van der Waals surface area contributed by atoms with Crippen LogP contribution in [0.3, 0.4) is 0 Å². The number of rotatable bonds is 7. The van der Waals surface area contributed by atoms with Gasteiger partial charge in [0.25, 0.3) is 0 Å². The quantitative estimate of drug-likeness (QED) is 0.763. The number of hydrogen-bond acceptors (Lipinski definition) is 2. The number of nitrogens with one attached hydrogen (secondary N) is 1. The summed E-state index contributed by atoms with van der Waals surface area (Å²) in [5.74, 6) is -0.771. The average Bonchev–Trinajstić information content (AvgIpc) is 2.30. The molecule has 3 heteroatoms. The first-order valence-electron chi connectivity index (χ1n) is 6.11. The zero-order chi connectivity index (χ0) is 12.7. The highest BCUT2D eigenvalue weighted by Crippen LogP contribution is 2.12. The Labute approximate surface area is 103 Å². The maximum Gasteiger partial charge on any atom is 0.323 e. The third-order valence-electron chi connectivity index (χ3n) is 2.99. The first-order valence-corrected chi connectivity index (χ1v) is 6.11. The topological polar surface area (TPSA) is 49.3 Å². The van der Waals surface area contributed by atoms with Crippen molar-refractivity contribution in [2.75, 3.05) is 6.54 Å². The Morgan fingerprint density at radius 3 is 2.53 bits per heavy atom. The van der Waals surface area contributed by atoms with Crippen molar-refractivity contribution in [1.82, 2.24) is 5.32 Å². The second-order valence-electron chi connectivity index (χ2n) is 4.55. The van der Waals surface area contributed by atoms with Crippen LogP contribution in [0.15, 0.2) is 30.3 Å². The molecule has 0 fully saturated rings. The third-order valence-corrected chi connectivity index (χ3v) is 2.99. The number of carbonyl (C=O) groups is 1. The van der Waals surface area contributed by atoms with Gasteiger partial charge in [0.05, 0.1) is 0 Å². The molecule has 1 rings (SSSR count). The van der Waals surface area contributed by atoms with Gasteiger partial charge in [0, 0.05) is 6.54 Å². The summed E-state index contributed by atoms with van der Waals surface area (Å²) in [4.78, 5) is 11.2. The van der Waals surface area contributed by atoms with E-state index in [0.717, 1.165) is 12.8 Å². The Balaban J connectivity index is 2.45. The van der Waals surface area contributed by atoms with Crippen molar-refractivity contribution in [3.63, 3.8) is 0 Å². The monoisotopic (exact) mass is 235 g/mol. The maximum absolute atomic E-state index is 11.2. The van der Waals surface area contributed by atoms with E-state index in [2.05, 4.69) is 17.4 Å². The van der Waals surface area contributed by atoms with Crippen LogP contribution in [-0.4, -0.2) is 23.2 Å². The zero-order valence-electron chi connectivity index (χ0n) is 10.6. The molecule has 0 heterocycles. The van der Waals surface area contributed by atoms with E-state index in [0.29, 0.717) is 13.0 Å². The van der Waals surface area contributed by atoms with E-state index in [4.69, 9.17) is 0 Å². The maximum atomic E-state index is 11.2. The molecule has 0 bridgehead atoms. The Morgan fingerprint density at radius 2 is 2.00 bits per heavy atom. The summed E-state index contributed by atoms with van der Waals surface area (Å²) in [7, 11) is 0. The molecular formula is C14H21NO2. The van der Waals surface area contributed by atoms with E-state index in [9.17, 15) is 9.90 Å². The lowest BCUT2D eigenvalue weighted by molar-refractivity contribution is -0.144. The average molecular weight is 235 g/mol. The SMILES string of the molecule is CCCC(C)(NCCc1ccccc1)C(=O)O. The molecule has 0 aliphatic carbocycles. The van der Waals surface area contributed by atoms with Gasteiger partial charge < -0.3 is 10.4 Å². The van der Waals surface area contributed by atoms with E-state index in [1.54, 1.807) is 6.92 Å². The molecule has 0 amide bonds. The largest absolute Gasteiger partial charge is 0.480 e. The molecule has 0 saturated heterocycles. The van der Waals surface area contributed by atoms with Gasteiger partial charge in [-0.15, -0.1) is 0 Å². The van der Waals surface area contributed by atoms with Gasteiger partial charge >= 0.3 is 5.97 Å². The number of carboxylic acid groups (broad SMARTS) is 1. The van der Waals surface area contributed by atoms with Gasteiger partial charge in [-0.2, -0.15) is 0 Å². The van der Waals surface area contributed by atoms with Crippen LogP contribution in [0.4, 0.5) is 0 Å². The van der Waals surface area contributed by atoms with Crippen molar-refractivity contribution in [1.29, 1.82) is 0 Å². The smallest absolute Gasteiger partial charge is 0.323 e. The summed E-state index contributed by atoms with van der Waals surface area (Å²) >= 11 is 0. The highest BCUT2D eigenvalue weighted by Gasteiger charge is 2.30. The lowest BCUT2D eigenvalue weighted by Crippen LogP contribution is -2.50. The van der Waals surface area contributed by atoms with E-state index in [-0.39, 0.29) is 0 Å². The first-order chi connectivity index (χ1) is 8.08. The molecule has 0 radical (unpaired) electrons. The number of carboxylic acids is 1. The van der Waals surface area contributed by atoms with Crippen molar-refractivity contribution in [2.24, 2.45) is 0 Å². The molecule has 17 heavy (non-hydrogen) atoms. The molecule has 0 aliphatic heterocycles. The van der Waals surface area contributed by atoms with Crippen LogP contribution in [-0.2, 0) is 11.2 Å². The number of aliphatic carboxylic acids is 1. The summed E-state index contributed by atoms with van der Waals surface area (Å²) in [6.45, 7) is 4.44. The molecule has 0 spiro atoms. The molecule has 1 unspecified atom stereocenters. The zero-order valence-corrected chi connectivity index (χ0v) is 10.6.